The van der Waals surface area contributed by atoms with Gasteiger partial charge in [0.25, 0.3) is 6.29 Å². The van der Waals surface area contributed by atoms with Gasteiger partial charge in [0, 0.05) is 11.0 Å². The van der Waals surface area contributed by atoms with E-state index in [9.17, 15) is 10.1 Å². The summed E-state index contributed by atoms with van der Waals surface area (Å²) in [6, 6.07) is 34.3. The van der Waals surface area contributed by atoms with Crippen LogP contribution in [0.15, 0.2) is 115 Å². The lowest BCUT2D eigenvalue weighted by atomic mass is 9.96. The van der Waals surface area contributed by atoms with Gasteiger partial charge < -0.3 is 28.4 Å². The lowest BCUT2D eigenvalue weighted by molar-refractivity contribution is -0.572. The van der Waals surface area contributed by atoms with Gasteiger partial charge in [0.15, 0.2) is 6.10 Å². The molecule has 0 amide bonds. The highest BCUT2D eigenvalue weighted by molar-refractivity contribution is 5.33. The first-order valence-electron chi connectivity index (χ1n) is 14.1. The minimum atomic E-state index is -1.40. The fraction of sp³-hybridized carbons (Fsp3) is 0.294. The summed E-state index contributed by atoms with van der Waals surface area (Å²) in [6.45, 7) is 0.787. The second kappa shape index (κ2) is 15.3. The number of ether oxygens (including phenoxy) is 6. The van der Waals surface area contributed by atoms with Crippen LogP contribution < -0.4 is 9.47 Å². The Morgan fingerprint density at radius 3 is 1.79 bits per heavy atom. The highest BCUT2D eigenvalue weighted by Crippen LogP contribution is 2.32. The molecule has 224 valence electrons. The van der Waals surface area contributed by atoms with E-state index in [4.69, 9.17) is 28.4 Å². The molecule has 9 nitrogen and oxygen atoms in total. The van der Waals surface area contributed by atoms with E-state index >= 15 is 0 Å². The maximum atomic E-state index is 12.7. The van der Waals surface area contributed by atoms with Crippen LogP contribution in [0.25, 0.3) is 0 Å². The quantitative estimate of drug-likeness (QED) is 0.135. The van der Waals surface area contributed by atoms with Gasteiger partial charge in [-0.05, 0) is 28.8 Å². The van der Waals surface area contributed by atoms with Gasteiger partial charge in [0.05, 0.1) is 33.5 Å². The largest absolute Gasteiger partial charge is 0.497 e. The lowest BCUT2D eigenvalue weighted by Gasteiger charge is -2.42. The van der Waals surface area contributed by atoms with Crippen molar-refractivity contribution in [2.45, 2.75) is 50.5 Å². The Morgan fingerprint density at radius 2 is 1.23 bits per heavy atom. The summed E-state index contributed by atoms with van der Waals surface area (Å²) >= 11 is 0. The Labute approximate surface area is 251 Å². The number of nitro groups is 1. The van der Waals surface area contributed by atoms with Crippen LogP contribution in [0.3, 0.4) is 0 Å². The normalized spacial score (nSPS) is 21.7. The predicted molar refractivity (Wildman–Crippen MR) is 159 cm³/mol. The van der Waals surface area contributed by atoms with Crippen molar-refractivity contribution in [2.75, 3.05) is 13.7 Å². The highest BCUT2D eigenvalue weighted by atomic mass is 16.7. The van der Waals surface area contributed by atoms with Crippen molar-refractivity contribution in [2.24, 2.45) is 0 Å². The number of hydrogen-bond donors (Lipinski definition) is 0. The number of benzene rings is 4. The first-order chi connectivity index (χ1) is 21.1. The van der Waals surface area contributed by atoms with Crippen molar-refractivity contribution in [3.05, 3.63) is 142 Å². The molecule has 5 atom stereocenters. The number of nitrogens with zero attached hydrogens (tertiary/aromatic N) is 1. The van der Waals surface area contributed by atoms with Crippen LogP contribution >= 0.6 is 0 Å². The van der Waals surface area contributed by atoms with E-state index in [1.807, 2.05) is 91.0 Å². The van der Waals surface area contributed by atoms with E-state index in [1.54, 1.807) is 24.3 Å². The Kier molecular flexibility index (Phi) is 10.7. The molecule has 1 aliphatic rings. The van der Waals surface area contributed by atoms with Crippen LogP contribution in [0.2, 0.25) is 0 Å². The predicted octanol–water partition coefficient (Wildman–Crippen LogP) is 5.83. The summed E-state index contributed by atoms with van der Waals surface area (Å²) in [5, 5.41) is 12.7. The molecule has 9 heteroatoms. The zero-order valence-corrected chi connectivity index (χ0v) is 23.9. The van der Waals surface area contributed by atoms with Gasteiger partial charge in [-0.15, -0.1) is 0 Å². The molecular formula is C34H35NO8. The summed E-state index contributed by atoms with van der Waals surface area (Å²) in [4.78, 5) is 12.3. The number of hydrogen-bond acceptors (Lipinski definition) is 8. The van der Waals surface area contributed by atoms with E-state index in [-0.39, 0.29) is 19.8 Å². The van der Waals surface area contributed by atoms with Crippen molar-refractivity contribution in [3.8, 4) is 11.5 Å². The third-order valence-corrected chi connectivity index (χ3v) is 7.12. The molecule has 0 saturated carbocycles. The fourth-order valence-electron chi connectivity index (χ4n) is 4.95. The zero-order chi connectivity index (χ0) is 29.9. The van der Waals surface area contributed by atoms with Gasteiger partial charge in [0.1, 0.15) is 23.7 Å². The molecule has 0 aliphatic carbocycles. The molecule has 0 bridgehead atoms. The SMILES string of the molecule is COc1cccc(O[C@H]2O[C@H](COCc3ccccc3)[C@H](OCc3ccccc3)[C@H](OCc3ccccc3)[C@H]2[N+](=O)[O-])c1. The Bertz CT molecular complexity index is 1410. The summed E-state index contributed by atoms with van der Waals surface area (Å²) in [5.74, 6) is 0.917. The Balaban J connectivity index is 1.44. The van der Waals surface area contributed by atoms with Gasteiger partial charge in [-0.1, -0.05) is 97.1 Å². The minimum Gasteiger partial charge on any atom is -0.497 e. The van der Waals surface area contributed by atoms with E-state index < -0.39 is 35.6 Å². The molecule has 1 saturated heterocycles. The van der Waals surface area contributed by atoms with Gasteiger partial charge in [-0.25, -0.2) is 0 Å². The molecule has 4 aromatic carbocycles. The summed E-state index contributed by atoms with van der Waals surface area (Å²) in [6.07, 6.45) is -3.88. The first kappa shape index (κ1) is 30.2. The molecule has 0 N–H and O–H groups in total. The minimum absolute atomic E-state index is 0.0992. The molecule has 1 fully saturated rings. The van der Waals surface area contributed by atoms with Crippen molar-refractivity contribution in [1.82, 2.24) is 0 Å². The summed E-state index contributed by atoms with van der Waals surface area (Å²) in [7, 11) is 1.54. The molecule has 1 heterocycles. The molecule has 0 unspecified atom stereocenters. The number of rotatable bonds is 14. The third kappa shape index (κ3) is 8.39. The summed E-state index contributed by atoms with van der Waals surface area (Å²) < 4.78 is 36.6. The van der Waals surface area contributed by atoms with Crippen LogP contribution in [0, 0.1) is 10.1 Å². The second-order valence-electron chi connectivity index (χ2n) is 10.1. The zero-order valence-electron chi connectivity index (χ0n) is 23.9. The average molecular weight is 586 g/mol. The lowest BCUT2D eigenvalue weighted by Crippen LogP contribution is -2.64. The van der Waals surface area contributed by atoms with Crippen molar-refractivity contribution < 1.29 is 33.3 Å². The highest BCUT2D eigenvalue weighted by Gasteiger charge is 2.55. The second-order valence-corrected chi connectivity index (χ2v) is 10.1. The van der Waals surface area contributed by atoms with Crippen LogP contribution in [0.5, 0.6) is 11.5 Å². The molecular weight excluding hydrogens is 550 g/mol. The monoisotopic (exact) mass is 585 g/mol. The van der Waals surface area contributed by atoms with Crippen LogP contribution in [-0.4, -0.2) is 49.3 Å². The van der Waals surface area contributed by atoms with E-state index in [0.29, 0.717) is 18.1 Å². The Hall–Kier alpha value is -4.28. The van der Waals surface area contributed by atoms with Gasteiger partial charge >= 0.3 is 6.04 Å². The molecule has 43 heavy (non-hydrogen) atoms. The smallest absolute Gasteiger partial charge is 0.302 e. The van der Waals surface area contributed by atoms with Crippen molar-refractivity contribution in [1.29, 1.82) is 0 Å². The number of methoxy groups -OCH3 is 1. The van der Waals surface area contributed by atoms with Crippen LogP contribution in [0.1, 0.15) is 16.7 Å². The fourth-order valence-corrected chi connectivity index (χ4v) is 4.95. The standard InChI is InChI=1S/C34H35NO8/c1-38-28-18-11-19-29(20-28)42-34-31(35(36)37)33(41-23-27-16-9-4-10-17-27)32(40-22-26-14-7-3-8-15-26)30(43-34)24-39-21-25-12-5-2-6-13-25/h2-20,30-34H,21-24H2,1H3/t30-,31-,32+,33-,34+/m1/s1. The third-order valence-electron chi connectivity index (χ3n) is 7.12. The maximum Gasteiger partial charge on any atom is 0.302 e. The Morgan fingerprint density at radius 1 is 0.698 bits per heavy atom. The molecule has 0 spiro atoms. The molecule has 1 aliphatic heterocycles. The van der Waals surface area contributed by atoms with Gasteiger partial charge in [-0.2, -0.15) is 0 Å². The van der Waals surface area contributed by atoms with Crippen molar-refractivity contribution in [3.63, 3.8) is 0 Å². The van der Waals surface area contributed by atoms with E-state index in [0.717, 1.165) is 16.7 Å². The van der Waals surface area contributed by atoms with Gasteiger partial charge in [0.2, 0.25) is 0 Å². The van der Waals surface area contributed by atoms with Crippen molar-refractivity contribution >= 4 is 0 Å². The molecule has 5 rings (SSSR count). The topological polar surface area (TPSA) is 98.5 Å². The maximum absolute atomic E-state index is 12.7. The summed E-state index contributed by atoms with van der Waals surface area (Å²) in [5.41, 5.74) is 2.78. The molecule has 4 aromatic rings. The average Bonchev–Trinajstić information content (AvgIpc) is 3.04. The van der Waals surface area contributed by atoms with Gasteiger partial charge in [-0.3, -0.25) is 10.1 Å². The first-order valence-corrected chi connectivity index (χ1v) is 14.1. The molecule has 0 aromatic heterocycles. The van der Waals surface area contributed by atoms with Crippen LogP contribution in [0.4, 0.5) is 0 Å². The molecule has 0 radical (unpaired) electrons. The van der Waals surface area contributed by atoms with E-state index in [1.165, 1.54) is 7.11 Å². The van der Waals surface area contributed by atoms with E-state index in [2.05, 4.69) is 0 Å². The van der Waals surface area contributed by atoms with Crippen LogP contribution in [-0.2, 0) is 38.8 Å².